The first-order valence-electron chi connectivity index (χ1n) is 5.48. The molecule has 0 aliphatic rings. The monoisotopic (exact) mass is 259 g/mol. The number of rotatable bonds is 3. The summed E-state index contributed by atoms with van der Waals surface area (Å²) in [5.41, 5.74) is 4.64. The second-order valence-electron chi connectivity index (χ2n) is 3.90. The van der Waals surface area contributed by atoms with Crippen molar-refractivity contribution in [2.75, 3.05) is 5.32 Å². The molecule has 0 fully saturated rings. The van der Waals surface area contributed by atoms with Gasteiger partial charge in [-0.25, -0.2) is 9.37 Å². The Labute approximate surface area is 107 Å². The zero-order chi connectivity index (χ0) is 12.4. The number of nitrogens with one attached hydrogen (secondary N) is 1. The van der Waals surface area contributed by atoms with E-state index < -0.39 is 0 Å². The van der Waals surface area contributed by atoms with Crippen LogP contribution in [-0.4, -0.2) is 9.97 Å². The maximum absolute atomic E-state index is 13.0. The van der Waals surface area contributed by atoms with Gasteiger partial charge in [0.25, 0.3) is 0 Å². The number of hydrogen-bond donors (Lipinski definition) is 1. The van der Waals surface area contributed by atoms with Gasteiger partial charge in [-0.3, -0.25) is 4.98 Å². The van der Waals surface area contributed by atoms with Crippen LogP contribution in [0.15, 0.2) is 42.2 Å². The van der Waals surface area contributed by atoms with E-state index in [1.54, 1.807) is 17.5 Å². The average molecular weight is 259 g/mol. The van der Waals surface area contributed by atoms with Crippen LogP contribution in [-0.2, 0) is 6.54 Å². The molecule has 2 aromatic heterocycles. The van der Waals surface area contributed by atoms with Crippen LogP contribution in [0.4, 0.5) is 10.1 Å². The van der Waals surface area contributed by atoms with Crippen LogP contribution in [0.2, 0.25) is 0 Å². The first-order chi connectivity index (χ1) is 8.81. The minimum atomic E-state index is -0.313. The van der Waals surface area contributed by atoms with Crippen LogP contribution in [0, 0.1) is 5.82 Å². The van der Waals surface area contributed by atoms with E-state index in [0.29, 0.717) is 6.54 Å². The van der Waals surface area contributed by atoms with Gasteiger partial charge in [-0.2, -0.15) is 0 Å². The molecule has 0 radical (unpaired) electrons. The molecule has 90 valence electrons. The number of hydrogen-bond acceptors (Lipinski definition) is 4. The highest BCUT2D eigenvalue weighted by Crippen LogP contribution is 2.22. The number of thiazole rings is 1. The van der Waals surface area contributed by atoms with Gasteiger partial charge in [0.1, 0.15) is 5.82 Å². The van der Waals surface area contributed by atoms with Crippen LogP contribution in [0.25, 0.3) is 10.2 Å². The van der Waals surface area contributed by atoms with E-state index in [0.717, 1.165) is 21.5 Å². The minimum absolute atomic E-state index is 0.313. The number of benzene rings is 1. The molecular weight excluding hydrogens is 249 g/mol. The van der Waals surface area contributed by atoms with Crippen molar-refractivity contribution >= 4 is 27.2 Å². The second-order valence-corrected chi connectivity index (χ2v) is 4.79. The molecule has 1 aromatic carbocycles. The Morgan fingerprint density at radius 3 is 3.06 bits per heavy atom. The molecule has 3 rings (SSSR count). The van der Waals surface area contributed by atoms with E-state index in [9.17, 15) is 4.39 Å². The highest BCUT2D eigenvalue weighted by atomic mass is 32.1. The first-order valence-corrected chi connectivity index (χ1v) is 6.36. The third-order valence-electron chi connectivity index (χ3n) is 2.59. The number of nitrogens with zero attached hydrogens (tertiary/aromatic N) is 2. The molecule has 0 bridgehead atoms. The standard InChI is InChI=1S/C13H10FN3S/c14-10-3-9(5-15-7-10)6-16-11-1-2-12-13(4-11)18-8-17-12/h1-5,7-8,16H,6H2. The summed E-state index contributed by atoms with van der Waals surface area (Å²) in [5.74, 6) is -0.313. The Balaban J connectivity index is 1.76. The lowest BCUT2D eigenvalue weighted by atomic mass is 10.2. The zero-order valence-corrected chi connectivity index (χ0v) is 10.2. The van der Waals surface area contributed by atoms with Crippen LogP contribution in [0.3, 0.4) is 0 Å². The summed E-state index contributed by atoms with van der Waals surface area (Å²) in [4.78, 5) is 8.04. The van der Waals surface area contributed by atoms with Gasteiger partial charge in [0, 0.05) is 18.4 Å². The fourth-order valence-corrected chi connectivity index (χ4v) is 2.44. The lowest BCUT2D eigenvalue weighted by Crippen LogP contribution is -2.00. The number of aromatic nitrogens is 2. The molecule has 0 aliphatic heterocycles. The van der Waals surface area contributed by atoms with Crippen molar-refractivity contribution in [3.63, 3.8) is 0 Å². The molecule has 0 saturated carbocycles. The summed E-state index contributed by atoms with van der Waals surface area (Å²) in [6.45, 7) is 0.551. The fourth-order valence-electron chi connectivity index (χ4n) is 1.72. The predicted molar refractivity (Wildman–Crippen MR) is 71.1 cm³/mol. The smallest absolute Gasteiger partial charge is 0.141 e. The first kappa shape index (κ1) is 11.1. The largest absolute Gasteiger partial charge is 0.381 e. The molecule has 2 heterocycles. The lowest BCUT2D eigenvalue weighted by Gasteiger charge is -2.06. The molecule has 5 heteroatoms. The van der Waals surface area contributed by atoms with Crippen molar-refractivity contribution < 1.29 is 4.39 Å². The third kappa shape index (κ3) is 2.31. The number of halogens is 1. The molecule has 0 atom stereocenters. The molecule has 0 amide bonds. The Hall–Kier alpha value is -2.01. The van der Waals surface area contributed by atoms with Crippen molar-refractivity contribution in [3.05, 3.63) is 53.6 Å². The van der Waals surface area contributed by atoms with Crippen LogP contribution in [0.1, 0.15) is 5.56 Å². The van der Waals surface area contributed by atoms with Crippen molar-refractivity contribution in [2.45, 2.75) is 6.54 Å². The molecule has 18 heavy (non-hydrogen) atoms. The van der Waals surface area contributed by atoms with E-state index >= 15 is 0 Å². The molecular formula is C13H10FN3S. The molecule has 3 nitrogen and oxygen atoms in total. The summed E-state index contributed by atoms with van der Waals surface area (Å²) in [6.07, 6.45) is 2.86. The van der Waals surface area contributed by atoms with Crippen LogP contribution < -0.4 is 5.32 Å². The molecule has 3 aromatic rings. The van der Waals surface area contributed by atoms with E-state index in [4.69, 9.17) is 0 Å². The highest BCUT2D eigenvalue weighted by molar-refractivity contribution is 7.16. The van der Waals surface area contributed by atoms with Crippen molar-refractivity contribution in [1.29, 1.82) is 0 Å². The Kier molecular flexibility index (Phi) is 2.90. The summed E-state index contributed by atoms with van der Waals surface area (Å²) in [6, 6.07) is 7.46. The van der Waals surface area contributed by atoms with Gasteiger partial charge < -0.3 is 5.32 Å². The summed E-state index contributed by atoms with van der Waals surface area (Å²) >= 11 is 1.60. The van der Waals surface area contributed by atoms with Gasteiger partial charge in [0.15, 0.2) is 0 Å². The summed E-state index contributed by atoms with van der Waals surface area (Å²) < 4.78 is 14.1. The zero-order valence-electron chi connectivity index (χ0n) is 9.43. The van der Waals surface area contributed by atoms with Gasteiger partial charge in [0.05, 0.1) is 21.9 Å². The fraction of sp³-hybridized carbons (Fsp3) is 0.0769. The lowest BCUT2D eigenvalue weighted by molar-refractivity contribution is 0.619. The van der Waals surface area contributed by atoms with Gasteiger partial charge in [-0.1, -0.05) is 0 Å². The number of pyridine rings is 1. The van der Waals surface area contributed by atoms with Crippen LogP contribution >= 0.6 is 11.3 Å². The molecule has 0 aliphatic carbocycles. The molecule has 1 N–H and O–H groups in total. The maximum atomic E-state index is 13.0. The third-order valence-corrected chi connectivity index (χ3v) is 3.38. The molecule has 0 spiro atoms. The second kappa shape index (κ2) is 4.70. The van der Waals surface area contributed by atoms with Gasteiger partial charge >= 0.3 is 0 Å². The van der Waals surface area contributed by atoms with E-state index in [2.05, 4.69) is 15.3 Å². The van der Waals surface area contributed by atoms with Crippen molar-refractivity contribution in [1.82, 2.24) is 9.97 Å². The van der Waals surface area contributed by atoms with E-state index in [-0.39, 0.29) is 5.82 Å². The Morgan fingerprint density at radius 1 is 1.22 bits per heavy atom. The number of anilines is 1. The quantitative estimate of drug-likeness (QED) is 0.783. The Bertz CT molecular complexity index is 681. The van der Waals surface area contributed by atoms with E-state index in [1.807, 2.05) is 23.7 Å². The SMILES string of the molecule is Fc1cncc(CNc2ccc3ncsc3c2)c1. The van der Waals surface area contributed by atoms with Crippen LogP contribution in [0.5, 0.6) is 0 Å². The number of fused-ring (bicyclic) bond motifs is 1. The minimum Gasteiger partial charge on any atom is -0.381 e. The molecule has 0 saturated heterocycles. The van der Waals surface area contributed by atoms with E-state index in [1.165, 1.54) is 12.3 Å². The highest BCUT2D eigenvalue weighted by Gasteiger charge is 2.00. The summed E-state index contributed by atoms with van der Waals surface area (Å²) in [7, 11) is 0. The maximum Gasteiger partial charge on any atom is 0.141 e. The van der Waals surface area contributed by atoms with Crippen molar-refractivity contribution in [2.24, 2.45) is 0 Å². The predicted octanol–water partition coefficient (Wildman–Crippen LogP) is 3.44. The average Bonchev–Trinajstić information content (AvgIpc) is 2.84. The molecule has 0 unspecified atom stereocenters. The topological polar surface area (TPSA) is 37.8 Å². The normalized spacial score (nSPS) is 10.7. The summed E-state index contributed by atoms with van der Waals surface area (Å²) in [5, 5.41) is 3.24. The van der Waals surface area contributed by atoms with Gasteiger partial charge in [-0.05, 0) is 29.8 Å². The Morgan fingerprint density at radius 2 is 2.17 bits per heavy atom. The van der Waals surface area contributed by atoms with Gasteiger partial charge in [-0.15, -0.1) is 11.3 Å². The van der Waals surface area contributed by atoms with Gasteiger partial charge in [0.2, 0.25) is 0 Å². The van der Waals surface area contributed by atoms with Crippen molar-refractivity contribution in [3.8, 4) is 0 Å².